The van der Waals surface area contributed by atoms with Crippen LogP contribution in [0.4, 0.5) is 35.0 Å². The number of hydrogen-bond donors (Lipinski definition) is 2. The molecule has 1 atom stereocenters. The molecule has 0 bridgehead atoms. The lowest BCUT2D eigenvalue weighted by atomic mass is 10.2. The first-order chi connectivity index (χ1) is 21.9. The first kappa shape index (κ1) is 30.6. The highest BCUT2D eigenvalue weighted by Gasteiger charge is 2.30. The summed E-state index contributed by atoms with van der Waals surface area (Å²) in [7, 11) is 1.77. The Labute approximate surface area is 261 Å². The molecule has 238 valence electrons. The summed E-state index contributed by atoms with van der Waals surface area (Å²) in [5.41, 5.74) is 0.417. The van der Waals surface area contributed by atoms with Crippen LogP contribution < -0.4 is 21.1 Å². The Kier molecular flexibility index (Phi) is 7.88. The fourth-order valence-electron chi connectivity index (χ4n) is 5.52. The van der Waals surface area contributed by atoms with Gasteiger partial charge in [0.05, 0.1) is 40.9 Å². The van der Waals surface area contributed by atoms with Gasteiger partial charge in [-0.25, -0.2) is 22.9 Å². The number of carbonyl (C=O) groups is 1. The van der Waals surface area contributed by atoms with Crippen molar-refractivity contribution in [3.8, 4) is 17.1 Å². The van der Waals surface area contributed by atoms with Crippen molar-refractivity contribution < 1.29 is 22.7 Å². The molecule has 2 N–H and O–H groups in total. The molecule has 0 aliphatic carbocycles. The maximum absolute atomic E-state index is 14.8. The van der Waals surface area contributed by atoms with Crippen LogP contribution in [0.3, 0.4) is 0 Å². The first-order valence-electron chi connectivity index (χ1n) is 14.5. The number of hydrogen-bond acceptors (Lipinski definition) is 8. The van der Waals surface area contributed by atoms with Crippen LogP contribution in [-0.4, -0.2) is 55.1 Å². The van der Waals surface area contributed by atoms with E-state index in [2.05, 4.69) is 20.7 Å². The van der Waals surface area contributed by atoms with Crippen molar-refractivity contribution in [3.05, 3.63) is 88.9 Å². The van der Waals surface area contributed by atoms with Crippen molar-refractivity contribution in [2.45, 2.75) is 38.8 Å². The summed E-state index contributed by atoms with van der Waals surface area (Å²) in [4.78, 5) is 36.7. The summed E-state index contributed by atoms with van der Waals surface area (Å²) < 4.78 is 51.9. The van der Waals surface area contributed by atoms with Gasteiger partial charge in [-0.15, -0.1) is 0 Å². The van der Waals surface area contributed by atoms with E-state index >= 15 is 0 Å². The van der Waals surface area contributed by atoms with Gasteiger partial charge >= 0.3 is 6.09 Å². The van der Waals surface area contributed by atoms with Crippen LogP contribution in [-0.2, 0) is 11.8 Å². The average molecular weight is 633 g/mol. The molecule has 6 rings (SSSR count). The second kappa shape index (κ2) is 11.8. The molecular formula is C32H31F3N8O3. The molecule has 0 radical (unpaired) electrons. The van der Waals surface area contributed by atoms with Gasteiger partial charge in [0.1, 0.15) is 28.3 Å². The van der Waals surface area contributed by atoms with E-state index in [0.717, 1.165) is 18.3 Å². The molecule has 0 saturated carbocycles. The minimum Gasteiger partial charge on any atom is -0.444 e. The van der Waals surface area contributed by atoms with E-state index in [9.17, 15) is 22.8 Å². The molecule has 0 unspecified atom stereocenters. The van der Waals surface area contributed by atoms with E-state index in [1.165, 1.54) is 30.6 Å². The molecule has 1 fully saturated rings. The van der Waals surface area contributed by atoms with E-state index in [1.54, 1.807) is 44.5 Å². The number of aryl methyl sites for hydroxylation is 1. The molecule has 1 aliphatic heterocycles. The number of fused-ring (bicyclic) bond motifs is 1. The molecule has 2 aromatic carbocycles. The van der Waals surface area contributed by atoms with Gasteiger partial charge in [0.2, 0.25) is 0 Å². The number of rotatable bonds is 6. The Balaban J connectivity index is 1.44. The van der Waals surface area contributed by atoms with E-state index in [1.807, 2.05) is 4.90 Å². The maximum Gasteiger partial charge on any atom is 0.407 e. The highest BCUT2D eigenvalue weighted by Crippen LogP contribution is 2.39. The zero-order valence-electron chi connectivity index (χ0n) is 25.5. The van der Waals surface area contributed by atoms with Crippen LogP contribution in [0.1, 0.15) is 27.2 Å². The Hall–Kier alpha value is -5.40. The standard InChI is InChI=1S/C32H31F3N8O3/c1-32(2,3)46-31(45)38-18-12-15-42(17-18)28-23(8-9-25-26(28)40-29(41(25)4)19-10-13-36-16-22(19)35)39-24-11-14-37-43(30(24)44)27-20(33)6-5-7-21(27)34/h5-11,13-14,16,18,39H,12,15,17H2,1-4H3,(H,38,45)/t18-/m0/s1. The molecule has 3 aromatic heterocycles. The SMILES string of the molecule is Cn1c(-c2ccncc2F)nc2c(N3CC[C@H](NC(=O)OC(C)(C)C)C3)c(Nc3ccnn(-c4c(F)cccc4F)c3=O)ccc21. The summed E-state index contributed by atoms with van der Waals surface area (Å²) in [5.74, 6) is -2.07. The van der Waals surface area contributed by atoms with Gasteiger partial charge in [0, 0.05) is 26.3 Å². The fraction of sp³-hybridized carbons (Fsp3) is 0.281. The van der Waals surface area contributed by atoms with Gasteiger partial charge in [-0.05, 0) is 63.6 Å². The number of imidazole rings is 1. The van der Waals surface area contributed by atoms with Gasteiger partial charge in [-0.1, -0.05) is 6.07 Å². The number of alkyl carbamates (subject to hydrolysis) is 1. The van der Waals surface area contributed by atoms with E-state index in [4.69, 9.17) is 9.72 Å². The summed E-state index contributed by atoms with van der Waals surface area (Å²) in [6.45, 7) is 6.23. The molecule has 11 nitrogen and oxygen atoms in total. The Bertz CT molecular complexity index is 2000. The molecule has 1 amide bonds. The molecule has 0 spiro atoms. The lowest BCUT2D eigenvalue weighted by molar-refractivity contribution is 0.0509. The monoisotopic (exact) mass is 632 g/mol. The largest absolute Gasteiger partial charge is 0.444 e. The van der Waals surface area contributed by atoms with Gasteiger partial charge in [0.15, 0.2) is 17.5 Å². The number of pyridine rings is 1. The van der Waals surface area contributed by atoms with Crippen LogP contribution in [0.2, 0.25) is 0 Å². The molecule has 5 aromatic rings. The van der Waals surface area contributed by atoms with E-state index in [0.29, 0.717) is 52.4 Å². The zero-order chi connectivity index (χ0) is 32.7. The van der Waals surface area contributed by atoms with Gasteiger partial charge < -0.3 is 24.8 Å². The first-order valence-corrected chi connectivity index (χ1v) is 14.5. The number of para-hydroxylation sites is 1. The molecular weight excluding hydrogens is 601 g/mol. The van der Waals surface area contributed by atoms with Crippen LogP contribution in [0.25, 0.3) is 28.1 Å². The number of nitrogens with zero attached hydrogens (tertiary/aromatic N) is 6. The highest BCUT2D eigenvalue weighted by atomic mass is 19.1. The van der Waals surface area contributed by atoms with Crippen LogP contribution >= 0.6 is 0 Å². The second-order valence-corrected chi connectivity index (χ2v) is 11.9. The van der Waals surface area contributed by atoms with Crippen LogP contribution in [0, 0.1) is 17.5 Å². The summed E-state index contributed by atoms with van der Waals surface area (Å²) in [5, 5.41) is 9.94. The molecule has 1 saturated heterocycles. The van der Waals surface area contributed by atoms with Crippen LogP contribution in [0.15, 0.2) is 65.8 Å². The Morgan fingerprint density at radius 2 is 1.74 bits per heavy atom. The molecule has 14 heteroatoms. The van der Waals surface area contributed by atoms with Gasteiger partial charge in [-0.2, -0.15) is 9.78 Å². The van der Waals surface area contributed by atoms with Crippen LogP contribution in [0.5, 0.6) is 0 Å². The maximum atomic E-state index is 14.8. The number of ether oxygens (including phenoxy) is 1. The quantitative estimate of drug-likeness (QED) is 0.254. The molecule has 1 aliphatic rings. The number of anilines is 3. The van der Waals surface area contributed by atoms with Crippen molar-refractivity contribution in [1.29, 1.82) is 0 Å². The normalized spacial score (nSPS) is 14.9. The van der Waals surface area contributed by atoms with Crippen molar-refractivity contribution in [3.63, 3.8) is 0 Å². The Morgan fingerprint density at radius 3 is 2.46 bits per heavy atom. The number of nitrogens with one attached hydrogen (secondary N) is 2. The van der Waals surface area contributed by atoms with Gasteiger partial charge in [0.25, 0.3) is 5.56 Å². The van der Waals surface area contributed by atoms with Crippen molar-refractivity contribution in [1.82, 2.24) is 29.6 Å². The predicted molar refractivity (Wildman–Crippen MR) is 167 cm³/mol. The summed E-state index contributed by atoms with van der Waals surface area (Å²) >= 11 is 0. The number of benzene rings is 2. The second-order valence-electron chi connectivity index (χ2n) is 11.9. The summed E-state index contributed by atoms with van der Waals surface area (Å²) in [6.07, 6.45) is 3.90. The number of halogens is 3. The number of aromatic nitrogens is 5. The third kappa shape index (κ3) is 5.85. The zero-order valence-corrected chi connectivity index (χ0v) is 25.5. The number of amides is 1. The van der Waals surface area contributed by atoms with Gasteiger partial charge in [-0.3, -0.25) is 9.78 Å². The lowest BCUT2D eigenvalue weighted by Crippen LogP contribution is -2.40. The van der Waals surface area contributed by atoms with Crippen molar-refractivity contribution in [2.75, 3.05) is 23.3 Å². The predicted octanol–water partition coefficient (Wildman–Crippen LogP) is 5.45. The third-order valence-electron chi connectivity index (χ3n) is 7.53. The molecule has 46 heavy (non-hydrogen) atoms. The average Bonchev–Trinajstić information content (AvgIpc) is 3.57. The third-order valence-corrected chi connectivity index (χ3v) is 7.53. The Morgan fingerprint density at radius 1 is 0.978 bits per heavy atom. The van der Waals surface area contributed by atoms with E-state index < -0.39 is 40.4 Å². The van der Waals surface area contributed by atoms with Crippen molar-refractivity contribution in [2.24, 2.45) is 7.05 Å². The number of carbonyl (C=O) groups excluding carboxylic acids is 1. The van der Waals surface area contributed by atoms with Crippen molar-refractivity contribution >= 4 is 34.2 Å². The highest BCUT2D eigenvalue weighted by molar-refractivity contribution is 5.99. The summed E-state index contributed by atoms with van der Waals surface area (Å²) in [6, 6.07) is 9.47. The minimum absolute atomic E-state index is 0.00258. The lowest BCUT2D eigenvalue weighted by Gasteiger charge is -2.24. The topological polar surface area (TPSA) is 119 Å². The molecule has 4 heterocycles. The smallest absolute Gasteiger partial charge is 0.407 e. The van der Waals surface area contributed by atoms with E-state index in [-0.39, 0.29) is 17.3 Å². The minimum atomic E-state index is -0.946. The fourth-order valence-corrected chi connectivity index (χ4v) is 5.52.